The second-order valence-electron chi connectivity index (χ2n) is 6.13. The van der Waals surface area contributed by atoms with Crippen molar-refractivity contribution in [3.8, 4) is 0 Å². The highest BCUT2D eigenvalue weighted by Crippen LogP contribution is 2.49. The van der Waals surface area contributed by atoms with Gasteiger partial charge < -0.3 is 10.6 Å². The van der Waals surface area contributed by atoms with Crippen LogP contribution in [0, 0.1) is 0 Å². The van der Waals surface area contributed by atoms with Gasteiger partial charge in [0, 0.05) is 36.6 Å². The van der Waals surface area contributed by atoms with Gasteiger partial charge in [-0.15, -0.1) is 0 Å². The normalized spacial score (nSPS) is 16.7. The molecule has 8 heteroatoms. The Morgan fingerprint density at radius 1 is 1.25 bits per heavy atom. The summed E-state index contributed by atoms with van der Waals surface area (Å²) in [6, 6.07) is 8.35. The number of rotatable bonds is 8. The Morgan fingerprint density at radius 3 is 2.54 bits per heavy atom. The maximum Gasteiger partial charge on any atom is 0.208 e. The molecule has 0 aromatic heterocycles. The van der Waals surface area contributed by atoms with Crippen LogP contribution in [0.3, 0.4) is 0 Å². The molecule has 0 spiro atoms. The molecule has 0 heterocycles. The summed E-state index contributed by atoms with van der Waals surface area (Å²) in [7, 11) is -1.38. The maximum absolute atomic E-state index is 11.0. The molecule has 6 nitrogen and oxygen atoms in total. The molecular formula is C16H25BrN4O2S. The molecule has 1 aromatic carbocycles. The van der Waals surface area contributed by atoms with E-state index in [0.717, 1.165) is 36.1 Å². The average molecular weight is 417 g/mol. The van der Waals surface area contributed by atoms with Crippen LogP contribution in [0.1, 0.15) is 24.8 Å². The number of sulfonamides is 1. The molecule has 0 saturated heterocycles. The molecule has 1 saturated carbocycles. The van der Waals surface area contributed by atoms with Gasteiger partial charge in [0.1, 0.15) is 0 Å². The Bertz CT molecular complexity index is 687. The first-order chi connectivity index (χ1) is 11.4. The third kappa shape index (κ3) is 5.75. The van der Waals surface area contributed by atoms with Crippen molar-refractivity contribution in [2.24, 2.45) is 4.99 Å². The smallest absolute Gasteiger partial charge is 0.208 e. The van der Waals surface area contributed by atoms with Gasteiger partial charge in [-0.2, -0.15) is 0 Å². The fraction of sp³-hybridized carbons (Fsp3) is 0.562. The van der Waals surface area contributed by atoms with Gasteiger partial charge in [0.2, 0.25) is 10.0 Å². The lowest BCUT2D eigenvalue weighted by Crippen LogP contribution is -2.42. The van der Waals surface area contributed by atoms with Crippen molar-refractivity contribution in [2.75, 3.05) is 32.9 Å². The molecule has 134 valence electrons. The molecule has 0 radical (unpaired) electrons. The van der Waals surface area contributed by atoms with Gasteiger partial charge in [-0.3, -0.25) is 4.99 Å². The minimum absolute atomic E-state index is 0.176. The topological polar surface area (TPSA) is 82.6 Å². The number of hydrogen-bond acceptors (Lipinski definition) is 3. The van der Waals surface area contributed by atoms with Crippen LogP contribution < -0.4 is 15.4 Å². The fourth-order valence-electron chi connectivity index (χ4n) is 2.61. The number of halogens is 1. The van der Waals surface area contributed by atoms with Crippen LogP contribution in [0.25, 0.3) is 0 Å². The highest BCUT2D eigenvalue weighted by molar-refractivity contribution is 9.10. The minimum Gasteiger partial charge on any atom is -0.356 e. The molecule has 0 atom stereocenters. The first-order valence-electron chi connectivity index (χ1n) is 8.00. The van der Waals surface area contributed by atoms with E-state index in [1.54, 1.807) is 7.05 Å². The summed E-state index contributed by atoms with van der Waals surface area (Å²) < 4.78 is 25.6. The summed E-state index contributed by atoms with van der Waals surface area (Å²) >= 11 is 3.64. The van der Waals surface area contributed by atoms with Gasteiger partial charge in [0.05, 0.1) is 6.26 Å². The van der Waals surface area contributed by atoms with Crippen molar-refractivity contribution in [3.05, 3.63) is 34.3 Å². The Morgan fingerprint density at radius 2 is 1.96 bits per heavy atom. The summed E-state index contributed by atoms with van der Waals surface area (Å²) in [5.74, 6) is 0.743. The highest BCUT2D eigenvalue weighted by atomic mass is 79.9. The zero-order chi connectivity index (χ0) is 17.6. The summed E-state index contributed by atoms with van der Waals surface area (Å²) in [5, 5.41) is 6.60. The quantitative estimate of drug-likeness (QED) is 0.341. The molecule has 2 rings (SSSR count). The SMILES string of the molecule is CN=C(NCCCNS(C)(=O)=O)NCC1(c2ccccc2Br)CC1. The Balaban J connectivity index is 1.77. The number of aliphatic imine (C=N–C) groups is 1. The van der Waals surface area contributed by atoms with Crippen LogP contribution in [0.15, 0.2) is 33.7 Å². The zero-order valence-electron chi connectivity index (χ0n) is 14.1. The van der Waals surface area contributed by atoms with Crippen LogP contribution in [0.5, 0.6) is 0 Å². The van der Waals surface area contributed by atoms with Crippen LogP contribution >= 0.6 is 15.9 Å². The lowest BCUT2D eigenvalue weighted by atomic mass is 9.96. The van der Waals surface area contributed by atoms with E-state index in [1.807, 2.05) is 6.07 Å². The summed E-state index contributed by atoms with van der Waals surface area (Å²) in [4.78, 5) is 4.23. The lowest BCUT2D eigenvalue weighted by molar-refractivity contribution is 0.584. The van der Waals surface area contributed by atoms with E-state index in [-0.39, 0.29) is 5.41 Å². The molecule has 1 aromatic rings. The number of hydrogen-bond donors (Lipinski definition) is 3. The number of nitrogens with zero attached hydrogens (tertiary/aromatic N) is 1. The third-order valence-electron chi connectivity index (χ3n) is 4.13. The summed E-state index contributed by atoms with van der Waals surface area (Å²) in [6.45, 7) is 1.91. The highest BCUT2D eigenvalue weighted by Gasteiger charge is 2.45. The molecule has 24 heavy (non-hydrogen) atoms. The van der Waals surface area contributed by atoms with E-state index in [4.69, 9.17) is 0 Å². The van der Waals surface area contributed by atoms with E-state index in [1.165, 1.54) is 5.56 Å². The molecular weight excluding hydrogens is 392 g/mol. The van der Waals surface area contributed by atoms with Crippen molar-refractivity contribution in [1.29, 1.82) is 0 Å². The summed E-state index contributed by atoms with van der Waals surface area (Å²) in [5.41, 5.74) is 1.51. The molecule has 1 aliphatic rings. The maximum atomic E-state index is 11.0. The number of guanidine groups is 1. The zero-order valence-corrected chi connectivity index (χ0v) is 16.5. The van der Waals surface area contributed by atoms with E-state index in [2.05, 4.69) is 54.5 Å². The second kappa shape index (κ2) is 8.31. The molecule has 1 fully saturated rings. The number of benzene rings is 1. The van der Waals surface area contributed by atoms with E-state index < -0.39 is 10.0 Å². The standard InChI is InChI=1S/C16H25BrN4O2S/c1-18-15(19-10-5-11-21-24(2,22)23)20-12-16(8-9-16)13-6-3-4-7-14(13)17/h3-4,6-7,21H,5,8-12H2,1-2H3,(H2,18,19,20). The second-order valence-corrected chi connectivity index (χ2v) is 8.82. The predicted molar refractivity (Wildman–Crippen MR) is 102 cm³/mol. The largest absolute Gasteiger partial charge is 0.356 e. The van der Waals surface area contributed by atoms with Gasteiger partial charge in [0.25, 0.3) is 0 Å². The van der Waals surface area contributed by atoms with Crippen molar-refractivity contribution >= 4 is 31.9 Å². The molecule has 1 aliphatic carbocycles. The van der Waals surface area contributed by atoms with Crippen LogP contribution in [-0.4, -0.2) is 47.3 Å². The van der Waals surface area contributed by atoms with Gasteiger partial charge in [-0.05, 0) is 30.9 Å². The van der Waals surface area contributed by atoms with Crippen molar-refractivity contribution < 1.29 is 8.42 Å². The molecule has 0 aliphatic heterocycles. The van der Waals surface area contributed by atoms with Crippen molar-refractivity contribution in [1.82, 2.24) is 15.4 Å². The van der Waals surface area contributed by atoms with Crippen LogP contribution in [-0.2, 0) is 15.4 Å². The van der Waals surface area contributed by atoms with Crippen LogP contribution in [0.4, 0.5) is 0 Å². The monoisotopic (exact) mass is 416 g/mol. The fourth-order valence-corrected chi connectivity index (χ4v) is 3.83. The van der Waals surface area contributed by atoms with E-state index in [0.29, 0.717) is 19.5 Å². The van der Waals surface area contributed by atoms with Gasteiger partial charge >= 0.3 is 0 Å². The molecule has 0 bridgehead atoms. The van der Waals surface area contributed by atoms with Gasteiger partial charge in [-0.1, -0.05) is 34.1 Å². The molecule has 3 N–H and O–H groups in total. The van der Waals surface area contributed by atoms with Gasteiger partial charge in [0.15, 0.2) is 5.96 Å². The number of nitrogens with one attached hydrogen (secondary N) is 3. The Hall–Kier alpha value is -1.12. The Labute approximate surface area is 152 Å². The van der Waals surface area contributed by atoms with Crippen LogP contribution in [0.2, 0.25) is 0 Å². The van der Waals surface area contributed by atoms with Gasteiger partial charge in [-0.25, -0.2) is 13.1 Å². The predicted octanol–water partition coefficient (Wildman–Crippen LogP) is 1.59. The minimum atomic E-state index is -3.11. The van der Waals surface area contributed by atoms with E-state index in [9.17, 15) is 8.42 Å². The molecule has 0 amide bonds. The molecule has 0 unspecified atom stereocenters. The first kappa shape index (κ1) is 19.2. The Kier molecular flexibility index (Phi) is 6.65. The summed E-state index contributed by atoms with van der Waals surface area (Å²) in [6.07, 6.45) is 4.19. The average Bonchev–Trinajstić information content (AvgIpc) is 3.30. The van der Waals surface area contributed by atoms with Crippen molar-refractivity contribution in [3.63, 3.8) is 0 Å². The third-order valence-corrected chi connectivity index (χ3v) is 5.55. The van der Waals surface area contributed by atoms with Crippen molar-refractivity contribution in [2.45, 2.75) is 24.7 Å². The van der Waals surface area contributed by atoms with E-state index >= 15 is 0 Å². The first-order valence-corrected chi connectivity index (χ1v) is 10.7. The lowest BCUT2D eigenvalue weighted by Gasteiger charge is -2.20.